The molecular formula is C17H23NO. The van der Waals surface area contributed by atoms with Crippen molar-refractivity contribution in [2.45, 2.75) is 26.9 Å². The molecule has 0 amide bonds. The van der Waals surface area contributed by atoms with Crippen molar-refractivity contribution in [3.63, 3.8) is 0 Å². The predicted octanol–water partition coefficient (Wildman–Crippen LogP) is 4.34. The molecule has 0 bridgehead atoms. The lowest BCUT2D eigenvalue weighted by atomic mass is 9.99. The number of hydrogen-bond acceptors (Lipinski definition) is 2. The third-order valence-electron chi connectivity index (χ3n) is 3.25. The van der Waals surface area contributed by atoms with Gasteiger partial charge in [0.15, 0.2) is 0 Å². The van der Waals surface area contributed by atoms with Crippen LogP contribution in [0.5, 0.6) is 0 Å². The molecule has 1 aliphatic heterocycles. The summed E-state index contributed by atoms with van der Waals surface area (Å²) < 4.78 is 0. The first kappa shape index (κ1) is 13.9. The fourth-order valence-corrected chi connectivity index (χ4v) is 2.24. The third-order valence-corrected chi connectivity index (χ3v) is 3.25. The van der Waals surface area contributed by atoms with Gasteiger partial charge in [0, 0.05) is 6.20 Å². The van der Waals surface area contributed by atoms with Crippen LogP contribution in [0.4, 0.5) is 0 Å². The Hall–Kier alpha value is -1.54. The highest BCUT2D eigenvalue weighted by Crippen LogP contribution is 2.27. The van der Waals surface area contributed by atoms with Crippen molar-refractivity contribution in [3.05, 3.63) is 60.3 Å². The van der Waals surface area contributed by atoms with Crippen LogP contribution in [0.3, 0.4) is 0 Å². The number of hydrogen-bond donors (Lipinski definition) is 0. The zero-order valence-electron chi connectivity index (χ0n) is 12.0. The summed E-state index contributed by atoms with van der Waals surface area (Å²) in [6, 6.07) is 10.4. The third kappa shape index (κ3) is 3.97. The van der Waals surface area contributed by atoms with Gasteiger partial charge in [0.1, 0.15) is 6.10 Å². The second kappa shape index (κ2) is 6.58. The maximum atomic E-state index is 6.20. The minimum absolute atomic E-state index is 0.0937. The van der Waals surface area contributed by atoms with Crippen LogP contribution in [0.2, 0.25) is 0 Å². The molecule has 2 atom stereocenters. The van der Waals surface area contributed by atoms with Gasteiger partial charge in [-0.25, -0.2) is 0 Å². The summed E-state index contributed by atoms with van der Waals surface area (Å²) in [6.07, 6.45) is 8.42. The lowest BCUT2D eigenvalue weighted by molar-refractivity contribution is -0.184. The Morgan fingerprint density at radius 2 is 1.89 bits per heavy atom. The summed E-state index contributed by atoms with van der Waals surface area (Å²) in [7, 11) is 0. The van der Waals surface area contributed by atoms with Gasteiger partial charge in [-0.3, -0.25) is 9.90 Å². The first-order chi connectivity index (χ1) is 9.16. The average Bonchev–Trinajstić information content (AvgIpc) is 2.61. The molecule has 0 aliphatic carbocycles. The van der Waals surface area contributed by atoms with E-state index in [2.05, 4.69) is 57.2 Å². The van der Waals surface area contributed by atoms with Crippen LogP contribution in [-0.4, -0.2) is 11.6 Å². The van der Waals surface area contributed by atoms with Gasteiger partial charge in [-0.1, -0.05) is 63.3 Å². The Kier molecular flexibility index (Phi) is 4.80. The predicted molar refractivity (Wildman–Crippen MR) is 79.3 cm³/mol. The van der Waals surface area contributed by atoms with E-state index in [0.29, 0.717) is 11.8 Å². The molecule has 0 N–H and O–H groups in total. The molecule has 102 valence electrons. The highest BCUT2D eigenvalue weighted by molar-refractivity contribution is 5.18. The van der Waals surface area contributed by atoms with E-state index < -0.39 is 0 Å². The molecule has 19 heavy (non-hydrogen) atoms. The van der Waals surface area contributed by atoms with E-state index in [0.717, 1.165) is 6.54 Å². The van der Waals surface area contributed by atoms with Crippen molar-refractivity contribution < 1.29 is 4.84 Å². The van der Waals surface area contributed by atoms with Gasteiger partial charge >= 0.3 is 0 Å². The molecule has 1 aliphatic rings. The highest BCUT2D eigenvalue weighted by atomic mass is 16.7. The number of benzene rings is 1. The number of hydroxylamine groups is 2. The molecule has 0 saturated heterocycles. The second-order valence-corrected chi connectivity index (χ2v) is 5.48. The molecule has 0 aromatic heterocycles. The second-order valence-electron chi connectivity index (χ2n) is 5.48. The molecule has 2 unspecified atom stereocenters. The van der Waals surface area contributed by atoms with Gasteiger partial charge in [0.05, 0.1) is 6.54 Å². The molecule has 1 aromatic carbocycles. The quantitative estimate of drug-likeness (QED) is 0.795. The molecule has 0 fully saturated rings. The van der Waals surface area contributed by atoms with Gasteiger partial charge in [-0.05, 0) is 23.5 Å². The SMILES string of the molecule is CC1C=CC=CN(OC(c2ccccc2)C(C)C)C1. The van der Waals surface area contributed by atoms with Gasteiger partial charge in [-0.15, -0.1) is 0 Å². The lowest BCUT2D eigenvalue weighted by Gasteiger charge is -2.29. The zero-order valence-corrected chi connectivity index (χ0v) is 12.0. The largest absolute Gasteiger partial charge is 0.266 e. The maximum absolute atomic E-state index is 6.20. The molecule has 1 heterocycles. The Bertz CT molecular complexity index is 436. The van der Waals surface area contributed by atoms with Crippen molar-refractivity contribution >= 4 is 0 Å². The topological polar surface area (TPSA) is 12.5 Å². The minimum atomic E-state index is 0.0937. The maximum Gasteiger partial charge on any atom is 0.113 e. The van der Waals surface area contributed by atoms with E-state index in [9.17, 15) is 0 Å². The average molecular weight is 257 g/mol. The van der Waals surface area contributed by atoms with Crippen LogP contribution >= 0.6 is 0 Å². The fraction of sp³-hybridized carbons (Fsp3) is 0.412. The van der Waals surface area contributed by atoms with E-state index in [1.165, 1.54) is 5.56 Å². The summed E-state index contributed by atoms with van der Waals surface area (Å²) in [5.74, 6) is 0.931. The van der Waals surface area contributed by atoms with Gasteiger partial charge in [0.2, 0.25) is 0 Å². The summed E-state index contributed by atoms with van der Waals surface area (Å²) in [5, 5.41) is 1.96. The van der Waals surface area contributed by atoms with Crippen molar-refractivity contribution in [2.75, 3.05) is 6.54 Å². The minimum Gasteiger partial charge on any atom is -0.266 e. The van der Waals surface area contributed by atoms with Gasteiger partial charge in [0.25, 0.3) is 0 Å². The molecule has 0 saturated carbocycles. The van der Waals surface area contributed by atoms with Crippen LogP contribution < -0.4 is 0 Å². The van der Waals surface area contributed by atoms with Crippen LogP contribution in [0.25, 0.3) is 0 Å². The first-order valence-electron chi connectivity index (χ1n) is 7.00. The Balaban J connectivity index is 2.09. The number of rotatable bonds is 4. The molecule has 0 spiro atoms. The summed E-state index contributed by atoms with van der Waals surface area (Å²) >= 11 is 0. The van der Waals surface area contributed by atoms with Crippen LogP contribution in [-0.2, 0) is 4.84 Å². The normalized spacial score (nSPS) is 20.6. The summed E-state index contributed by atoms with van der Waals surface area (Å²) in [6.45, 7) is 7.48. The first-order valence-corrected chi connectivity index (χ1v) is 7.00. The molecule has 0 radical (unpaired) electrons. The molecule has 2 rings (SSSR count). The van der Waals surface area contributed by atoms with Crippen LogP contribution in [0, 0.1) is 11.8 Å². The van der Waals surface area contributed by atoms with Gasteiger partial charge < -0.3 is 0 Å². The lowest BCUT2D eigenvalue weighted by Crippen LogP contribution is -2.27. The Morgan fingerprint density at radius 3 is 2.58 bits per heavy atom. The van der Waals surface area contributed by atoms with E-state index in [1.807, 2.05) is 23.4 Å². The summed E-state index contributed by atoms with van der Waals surface area (Å²) in [4.78, 5) is 6.20. The van der Waals surface area contributed by atoms with Crippen molar-refractivity contribution in [1.29, 1.82) is 0 Å². The number of allylic oxidation sites excluding steroid dienone is 2. The van der Waals surface area contributed by atoms with Crippen LogP contribution in [0.1, 0.15) is 32.4 Å². The standard InChI is InChI=1S/C17H23NO/c1-14(2)17(16-10-5-4-6-11-16)19-18-12-8-7-9-15(3)13-18/h4-12,14-15,17H,13H2,1-3H3. The van der Waals surface area contributed by atoms with Gasteiger partial charge in [-0.2, -0.15) is 0 Å². The highest BCUT2D eigenvalue weighted by Gasteiger charge is 2.20. The van der Waals surface area contributed by atoms with Crippen LogP contribution in [0.15, 0.2) is 54.8 Å². The molecule has 2 nitrogen and oxygen atoms in total. The van der Waals surface area contributed by atoms with Crippen molar-refractivity contribution in [2.24, 2.45) is 11.8 Å². The zero-order chi connectivity index (χ0) is 13.7. The van der Waals surface area contributed by atoms with E-state index >= 15 is 0 Å². The number of nitrogens with zero attached hydrogens (tertiary/aromatic N) is 1. The molecule has 1 aromatic rings. The summed E-state index contributed by atoms with van der Waals surface area (Å²) in [5.41, 5.74) is 1.23. The van der Waals surface area contributed by atoms with E-state index in [-0.39, 0.29) is 6.10 Å². The van der Waals surface area contributed by atoms with Crippen molar-refractivity contribution in [1.82, 2.24) is 5.06 Å². The Morgan fingerprint density at radius 1 is 1.16 bits per heavy atom. The smallest absolute Gasteiger partial charge is 0.113 e. The molecular weight excluding hydrogens is 234 g/mol. The molecule has 2 heteroatoms. The Labute approximate surface area is 116 Å². The monoisotopic (exact) mass is 257 g/mol. The fourth-order valence-electron chi connectivity index (χ4n) is 2.24. The van der Waals surface area contributed by atoms with E-state index in [4.69, 9.17) is 4.84 Å². The van der Waals surface area contributed by atoms with E-state index in [1.54, 1.807) is 0 Å². The van der Waals surface area contributed by atoms with Crippen molar-refractivity contribution in [3.8, 4) is 0 Å².